The molecule has 1 N–H and O–H groups in total. The van der Waals surface area contributed by atoms with Gasteiger partial charge < -0.3 is 14.4 Å². The van der Waals surface area contributed by atoms with Crippen molar-refractivity contribution in [3.8, 4) is 17.1 Å². The molecule has 0 bridgehead atoms. The highest BCUT2D eigenvalue weighted by molar-refractivity contribution is 5.85. The van der Waals surface area contributed by atoms with Crippen LogP contribution in [0.1, 0.15) is 24.1 Å². The molecule has 0 aliphatic carbocycles. The van der Waals surface area contributed by atoms with Gasteiger partial charge in [0.2, 0.25) is 0 Å². The second-order valence-electron chi connectivity index (χ2n) is 6.01. The summed E-state index contributed by atoms with van der Waals surface area (Å²) in [6.07, 6.45) is 0.705. The Labute approximate surface area is 152 Å². The van der Waals surface area contributed by atoms with Gasteiger partial charge in [0.25, 0.3) is 5.89 Å². The number of hydrogen-bond donors (Lipinski definition) is 1. The molecule has 5 nitrogen and oxygen atoms in total. The summed E-state index contributed by atoms with van der Waals surface area (Å²) in [5.74, 6) is 0.940. The van der Waals surface area contributed by atoms with E-state index in [1.165, 1.54) is 12.1 Å². The zero-order chi connectivity index (χ0) is 17.3. The maximum absolute atomic E-state index is 13.2. The lowest BCUT2D eigenvalue weighted by Crippen LogP contribution is -2.24. The van der Waals surface area contributed by atoms with Crippen molar-refractivity contribution in [3.63, 3.8) is 0 Å². The fraction of sp³-hybridized carbons (Fsp3) is 0.333. The number of nitrogens with zero attached hydrogens (tertiary/aromatic N) is 3. The zero-order valence-corrected chi connectivity index (χ0v) is 15.5. The van der Waals surface area contributed by atoms with Crippen molar-refractivity contribution >= 4 is 12.4 Å². The molecule has 0 radical (unpaired) electrons. The first-order chi connectivity index (χ1) is 11.5. The fourth-order valence-corrected chi connectivity index (χ4v) is 2.79. The SMILES string of the molecule is CNC(C)Cc1noc(-c2cc(C)n(-c3ccc(F)cc3)c2C)n1.Cl. The standard InChI is InChI=1S/C18H21FN4O.ClH/c1-11(20-4)9-17-21-18(24-22-17)16-10-12(2)23(13(16)3)15-7-5-14(19)6-8-15;/h5-8,10-11,20H,9H2,1-4H3;1H. The predicted octanol–water partition coefficient (Wildman–Crippen LogP) is 3.86. The van der Waals surface area contributed by atoms with Crippen LogP contribution in [0.25, 0.3) is 17.1 Å². The highest BCUT2D eigenvalue weighted by Gasteiger charge is 2.18. The molecular weight excluding hydrogens is 343 g/mol. The van der Waals surface area contributed by atoms with E-state index >= 15 is 0 Å². The van der Waals surface area contributed by atoms with E-state index in [4.69, 9.17) is 4.52 Å². The molecule has 2 heterocycles. The van der Waals surface area contributed by atoms with Gasteiger partial charge in [-0.05, 0) is 58.2 Å². The lowest BCUT2D eigenvalue weighted by atomic mass is 10.2. The Morgan fingerprint density at radius 3 is 2.56 bits per heavy atom. The van der Waals surface area contributed by atoms with Gasteiger partial charge in [-0.2, -0.15) is 4.98 Å². The van der Waals surface area contributed by atoms with Crippen LogP contribution in [0.3, 0.4) is 0 Å². The molecule has 0 saturated heterocycles. The summed E-state index contributed by atoms with van der Waals surface area (Å²) in [4.78, 5) is 4.50. The van der Waals surface area contributed by atoms with Crippen LogP contribution in [0, 0.1) is 19.7 Å². The third-order valence-corrected chi connectivity index (χ3v) is 4.20. The summed E-state index contributed by atoms with van der Waals surface area (Å²) < 4.78 is 20.7. The number of aromatic nitrogens is 3. The molecule has 2 aromatic heterocycles. The Morgan fingerprint density at radius 2 is 1.92 bits per heavy atom. The van der Waals surface area contributed by atoms with Crippen molar-refractivity contribution in [1.29, 1.82) is 0 Å². The van der Waals surface area contributed by atoms with Crippen LogP contribution in [0.5, 0.6) is 0 Å². The molecule has 1 unspecified atom stereocenters. The lowest BCUT2D eigenvalue weighted by molar-refractivity contribution is 0.418. The Bertz CT molecular complexity index is 841. The number of likely N-dealkylation sites (N-methyl/N-ethyl adjacent to an activating group) is 1. The Hall–Kier alpha value is -2.18. The number of nitrogens with one attached hydrogen (secondary N) is 1. The third-order valence-electron chi connectivity index (χ3n) is 4.20. The van der Waals surface area contributed by atoms with E-state index in [0.29, 0.717) is 18.1 Å². The largest absolute Gasteiger partial charge is 0.334 e. The second-order valence-corrected chi connectivity index (χ2v) is 6.01. The smallest absolute Gasteiger partial charge is 0.259 e. The van der Waals surface area contributed by atoms with E-state index in [-0.39, 0.29) is 24.3 Å². The summed E-state index contributed by atoms with van der Waals surface area (Å²) >= 11 is 0. The maximum atomic E-state index is 13.2. The molecule has 25 heavy (non-hydrogen) atoms. The van der Waals surface area contributed by atoms with Crippen LogP contribution in [0.2, 0.25) is 0 Å². The third kappa shape index (κ3) is 3.91. The van der Waals surface area contributed by atoms with Crippen LogP contribution < -0.4 is 5.32 Å². The first-order valence-corrected chi connectivity index (χ1v) is 7.94. The van der Waals surface area contributed by atoms with Gasteiger partial charge in [-0.1, -0.05) is 5.16 Å². The second kappa shape index (κ2) is 7.80. The first-order valence-electron chi connectivity index (χ1n) is 7.94. The van der Waals surface area contributed by atoms with E-state index < -0.39 is 0 Å². The van der Waals surface area contributed by atoms with Crippen molar-refractivity contribution in [3.05, 3.63) is 53.4 Å². The van der Waals surface area contributed by atoms with Gasteiger partial charge >= 0.3 is 0 Å². The van der Waals surface area contributed by atoms with E-state index in [0.717, 1.165) is 22.6 Å². The van der Waals surface area contributed by atoms with Crippen LogP contribution >= 0.6 is 12.4 Å². The van der Waals surface area contributed by atoms with Gasteiger partial charge in [0.1, 0.15) is 5.82 Å². The molecule has 1 atom stereocenters. The molecular formula is C18H22ClFN4O. The first kappa shape index (κ1) is 19.1. The highest BCUT2D eigenvalue weighted by atomic mass is 35.5. The number of halogens is 2. The molecule has 3 rings (SSSR count). The molecule has 0 aliphatic rings. The van der Waals surface area contributed by atoms with E-state index in [9.17, 15) is 4.39 Å². The fourth-order valence-electron chi connectivity index (χ4n) is 2.79. The summed E-state index contributed by atoms with van der Waals surface area (Å²) in [5.41, 5.74) is 3.81. The number of aryl methyl sites for hydroxylation is 1. The van der Waals surface area contributed by atoms with Gasteiger partial charge in [0, 0.05) is 29.5 Å². The molecule has 134 valence electrons. The Morgan fingerprint density at radius 1 is 1.24 bits per heavy atom. The van der Waals surface area contributed by atoms with Crippen molar-refractivity contribution in [2.75, 3.05) is 7.05 Å². The van der Waals surface area contributed by atoms with Gasteiger partial charge in [0.15, 0.2) is 5.82 Å². The van der Waals surface area contributed by atoms with E-state index in [1.54, 1.807) is 12.1 Å². The van der Waals surface area contributed by atoms with Crippen LogP contribution in [-0.2, 0) is 6.42 Å². The number of hydrogen-bond acceptors (Lipinski definition) is 4. The highest BCUT2D eigenvalue weighted by Crippen LogP contribution is 2.28. The maximum Gasteiger partial charge on any atom is 0.259 e. The normalized spacial score (nSPS) is 12.0. The topological polar surface area (TPSA) is 55.9 Å². The minimum atomic E-state index is -0.248. The van der Waals surface area contributed by atoms with Crippen LogP contribution in [0.4, 0.5) is 4.39 Å². The predicted molar refractivity (Wildman–Crippen MR) is 98.0 cm³/mol. The molecule has 3 aromatic rings. The van der Waals surface area contributed by atoms with Gasteiger partial charge in [-0.25, -0.2) is 4.39 Å². The van der Waals surface area contributed by atoms with Crippen molar-refractivity contribution < 1.29 is 8.91 Å². The molecule has 0 saturated carbocycles. The molecule has 0 amide bonds. The molecule has 7 heteroatoms. The Kier molecular flexibility index (Phi) is 5.98. The van der Waals surface area contributed by atoms with Crippen molar-refractivity contribution in [2.24, 2.45) is 0 Å². The zero-order valence-electron chi connectivity index (χ0n) is 14.7. The van der Waals surface area contributed by atoms with Gasteiger partial charge in [0.05, 0.1) is 5.56 Å². The summed E-state index contributed by atoms with van der Waals surface area (Å²) in [5, 5.41) is 7.22. The number of rotatable bonds is 5. The average Bonchev–Trinajstić information content (AvgIpc) is 3.13. The van der Waals surface area contributed by atoms with E-state index in [2.05, 4.69) is 26.9 Å². The summed E-state index contributed by atoms with van der Waals surface area (Å²) in [7, 11) is 1.90. The quantitative estimate of drug-likeness (QED) is 0.747. The van der Waals surface area contributed by atoms with Crippen molar-refractivity contribution in [1.82, 2.24) is 20.0 Å². The van der Waals surface area contributed by atoms with Gasteiger partial charge in [-0.15, -0.1) is 12.4 Å². The number of benzene rings is 1. The average molecular weight is 365 g/mol. The Balaban J connectivity index is 0.00000225. The van der Waals surface area contributed by atoms with Crippen LogP contribution in [0.15, 0.2) is 34.9 Å². The van der Waals surface area contributed by atoms with E-state index in [1.807, 2.05) is 27.0 Å². The molecule has 0 fully saturated rings. The lowest BCUT2D eigenvalue weighted by Gasteiger charge is -2.09. The summed E-state index contributed by atoms with van der Waals surface area (Å²) in [6, 6.07) is 8.72. The minimum absolute atomic E-state index is 0. The monoisotopic (exact) mass is 364 g/mol. The summed E-state index contributed by atoms with van der Waals surface area (Å²) in [6.45, 7) is 6.06. The van der Waals surface area contributed by atoms with Crippen molar-refractivity contribution in [2.45, 2.75) is 33.2 Å². The molecule has 0 spiro atoms. The molecule has 0 aliphatic heterocycles. The van der Waals surface area contributed by atoms with Crippen LogP contribution in [-0.4, -0.2) is 27.8 Å². The minimum Gasteiger partial charge on any atom is -0.334 e. The van der Waals surface area contributed by atoms with Gasteiger partial charge in [-0.3, -0.25) is 0 Å². The molecule has 1 aromatic carbocycles.